The maximum absolute atomic E-state index is 13.6. The van der Waals surface area contributed by atoms with Crippen LogP contribution in [-0.2, 0) is 12.6 Å². The average Bonchev–Trinajstić information content (AvgIpc) is 3.09. The highest BCUT2D eigenvalue weighted by Crippen LogP contribution is 2.32. The van der Waals surface area contributed by atoms with Crippen molar-refractivity contribution in [3.05, 3.63) is 75.9 Å². The van der Waals surface area contributed by atoms with Crippen molar-refractivity contribution in [3.8, 4) is 5.69 Å². The van der Waals surface area contributed by atoms with Crippen LogP contribution in [0, 0.1) is 26.6 Å². The Kier molecular flexibility index (Phi) is 5.91. The average molecular weight is 420 g/mol. The second-order valence-corrected chi connectivity index (χ2v) is 7.06. The van der Waals surface area contributed by atoms with Crippen LogP contribution in [0.5, 0.6) is 0 Å². The highest BCUT2D eigenvalue weighted by Gasteiger charge is 2.42. The molecule has 3 aromatic rings. The molecule has 0 saturated carbocycles. The van der Waals surface area contributed by atoms with Crippen molar-refractivity contribution in [2.24, 2.45) is 0 Å². The van der Waals surface area contributed by atoms with Crippen LogP contribution in [0.4, 0.5) is 17.6 Å². The molecule has 158 valence electrons. The Hall–Kier alpha value is -3.23. The van der Waals surface area contributed by atoms with Crippen molar-refractivity contribution in [1.82, 2.24) is 20.3 Å². The summed E-state index contributed by atoms with van der Waals surface area (Å²) in [5.41, 5.74) is 1.85. The molecule has 0 aliphatic rings. The summed E-state index contributed by atoms with van der Waals surface area (Å²) in [7, 11) is 0. The Morgan fingerprint density at radius 1 is 1.10 bits per heavy atom. The number of halogens is 4. The number of hydrogen-bond donors (Lipinski definition) is 1. The van der Waals surface area contributed by atoms with Gasteiger partial charge in [-0.3, -0.25) is 4.79 Å². The number of aromatic nitrogens is 3. The van der Waals surface area contributed by atoms with Crippen molar-refractivity contribution in [2.45, 2.75) is 33.4 Å². The van der Waals surface area contributed by atoms with Crippen LogP contribution in [-0.4, -0.2) is 27.4 Å². The lowest BCUT2D eigenvalue weighted by molar-refractivity contribution is -0.143. The lowest BCUT2D eigenvalue weighted by atomic mass is 9.97. The number of amides is 1. The van der Waals surface area contributed by atoms with Crippen molar-refractivity contribution < 1.29 is 22.4 Å². The number of rotatable bonds is 5. The summed E-state index contributed by atoms with van der Waals surface area (Å²) < 4.78 is 54.8. The first-order valence-corrected chi connectivity index (χ1v) is 9.21. The van der Waals surface area contributed by atoms with Gasteiger partial charge in [0.1, 0.15) is 5.82 Å². The zero-order valence-electron chi connectivity index (χ0n) is 16.6. The predicted octanol–water partition coefficient (Wildman–Crippen LogP) is 4.32. The van der Waals surface area contributed by atoms with Crippen LogP contribution in [0.3, 0.4) is 0 Å². The fraction of sp³-hybridized carbons (Fsp3) is 0.286. The Morgan fingerprint density at radius 2 is 1.77 bits per heavy atom. The summed E-state index contributed by atoms with van der Waals surface area (Å²) in [6.07, 6.45) is -4.45. The van der Waals surface area contributed by atoms with Crippen LogP contribution in [0.15, 0.2) is 36.4 Å². The molecular formula is C21H20F4N4O. The van der Waals surface area contributed by atoms with Crippen molar-refractivity contribution >= 4 is 5.91 Å². The van der Waals surface area contributed by atoms with Gasteiger partial charge < -0.3 is 5.32 Å². The zero-order valence-corrected chi connectivity index (χ0v) is 16.6. The van der Waals surface area contributed by atoms with Gasteiger partial charge in [-0.1, -0.05) is 29.0 Å². The monoisotopic (exact) mass is 420 g/mol. The van der Waals surface area contributed by atoms with Gasteiger partial charge >= 0.3 is 6.18 Å². The van der Waals surface area contributed by atoms with Crippen LogP contribution in [0.25, 0.3) is 5.69 Å². The van der Waals surface area contributed by atoms with Gasteiger partial charge in [0, 0.05) is 6.54 Å². The third-order valence-corrected chi connectivity index (χ3v) is 4.71. The van der Waals surface area contributed by atoms with E-state index in [0.29, 0.717) is 11.1 Å². The van der Waals surface area contributed by atoms with Gasteiger partial charge in [-0.2, -0.15) is 13.2 Å². The summed E-state index contributed by atoms with van der Waals surface area (Å²) >= 11 is 0. The quantitative estimate of drug-likeness (QED) is 0.626. The van der Waals surface area contributed by atoms with E-state index in [1.807, 2.05) is 32.9 Å². The lowest BCUT2D eigenvalue weighted by Gasteiger charge is -2.13. The van der Waals surface area contributed by atoms with Gasteiger partial charge in [0.25, 0.3) is 5.91 Å². The molecule has 30 heavy (non-hydrogen) atoms. The number of benzene rings is 2. The summed E-state index contributed by atoms with van der Waals surface area (Å²) in [6.45, 7) is 6.01. The minimum Gasteiger partial charge on any atom is -0.350 e. The molecule has 0 saturated heterocycles. The maximum Gasteiger partial charge on any atom is 0.435 e. The number of hydrogen-bond acceptors (Lipinski definition) is 3. The lowest BCUT2D eigenvalue weighted by Crippen LogP contribution is -2.29. The molecule has 1 N–H and O–H groups in total. The van der Waals surface area contributed by atoms with Crippen molar-refractivity contribution in [1.29, 1.82) is 0 Å². The summed E-state index contributed by atoms with van der Waals surface area (Å²) in [4.78, 5) is 12.4. The molecule has 1 heterocycles. The zero-order chi connectivity index (χ0) is 22.1. The Labute approximate surface area is 170 Å². The molecule has 0 aliphatic heterocycles. The molecule has 0 spiro atoms. The van der Waals surface area contributed by atoms with E-state index in [4.69, 9.17) is 0 Å². The molecule has 3 rings (SSSR count). The smallest absolute Gasteiger partial charge is 0.350 e. The van der Waals surface area contributed by atoms with Gasteiger partial charge in [-0.15, -0.1) is 5.10 Å². The van der Waals surface area contributed by atoms with Crippen LogP contribution in [0.2, 0.25) is 0 Å². The third-order valence-electron chi connectivity index (χ3n) is 4.71. The Balaban J connectivity index is 1.83. The van der Waals surface area contributed by atoms with E-state index in [1.165, 1.54) is 12.1 Å². The van der Waals surface area contributed by atoms with E-state index < -0.39 is 29.3 Å². The van der Waals surface area contributed by atoms with E-state index in [1.54, 1.807) is 0 Å². The fourth-order valence-corrected chi connectivity index (χ4v) is 3.47. The highest BCUT2D eigenvalue weighted by atomic mass is 19.4. The summed E-state index contributed by atoms with van der Waals surface area (Å²) in [6, 6.07) is 8.49. The summed E-state index contributed by atoms with van der Waals surface area (Å²) in [5.74, 6) is -1.72. The first-order valence-electron chi connectivity index (χ1n) is 9.21. The standard InChI is InChI=1S/C21H20F4N4O/c1-12-9-13(2)17(14(3)10-12)7-8-26-20(30)18-19(21(23,24)25)29(28-27-18)16-6-4-5-15(22)11-16/h4-6,9-11H,7-8H2,1-3H3,(H,26,30). The van der Waals surface area contributed by atoms with Gasteiger partial charge in [-0.05, 0) is 62.1 Å². The Bertz CT molecular complexity index is 1070. The fourth-order valence-electron chi connectivity index (χ4n) is 3.47. The van der Waals surface area contributed by atoms with E-state index in [0.717, 1.165) is 34.4 Å². The molecule has 2 aromatic carbocycles. The molecule has 0 atom stereocenters. The van der Waals surface area contributed by atoms with E-state index in [9.17, 15) is 22.4 Å². The maximum atomic E-state index is 13.6. The number of carbonyl (C=O) groups is 1. The number of alkyl halides is 3. The van der Waals surface area contributed by atoms with Crippen molar-refractivity contribution in [3.63, 3.8) is 0 Å². The third kappa shape index (κ3) is 4.50. The Morgan fingerprint density at radius 3 is 2.37 bits per heavy atom. The van der Waals surface area contributed by atoms with Crippen LogP contribution < -0.4 is 5.32 Å². The van der Waals surface area contributed by atoms with Crippen molar-refractivity contribution in [2.75, 3.05) is 6.54 Å². The molecular weight excluding hydrogens is 400 g/mol. The minimum atomic E-state index is -4.91. The molecule has 1 amide bonds. The predicted molar refractivity (Wildman–Crippen MR) is 103 cm³/mol. The van der Waals surface area contributed by atoms with Gasteiger partial charge in [0.15, 0.2) is 11.4 Å². The van der Waals surface area contributed by atoms with Crippen LogP contribution >= 0.6 is 0 Å². The molecule has 0 bridgehead atoms. The molecule has 0 unspecified atom stereocenters. The normalized spacial score (nSPS) is 11.6. The number of carbonyl (C=O) groups excluding carboxylic acids is 1. The highest BCUT2D eigenvalue weighted by molar-refractivity contribution is 5.93. The van der Waals surface area contributed by atoms with E-state index >= 15 is 0 Å². The molecule has 0 radical (unpaired) electrons. The first kappa shape index (κ1) is 21.5. The molecule has 1 aromatic heterocycles. The van der Waals surface area contributed by atoms with Crippen LogP contribution in [0.1, 0.15) is 38.4 Å². The topological polar surface area (TPSA) is 59.8 Å². The molecule has 0 fully saturated rings. The largest absolute Gasteiger partial charge is 0.435 e. The minimum absolute atomic E-state index is 0.133. The van der Waals surface area contributed by atoms with Gasteiger partial charge in [0.2, 0.25) is 0 Å². The number of aryl methyl sites for hydroxylation is 3. The second-order valence-electron chi connectivity index (χ2n) is 7.06. The number of nitrogens with one attached hydrogen (secondary N) is 1. The second kappa shape index (κ2) is 8.25. The summed E-state index contributed by atoms with van der Waals surface area (Å²) in [5, 5.41) is 9.33. The number of nitrogens with zero attached hydrogens (tertiary/aromatic N) is 3. The van der Waals surface area contributed by atoms with E-state index in [-0.39, 0.29) is 12.2 Å². The molecule has 0 aliphatic carbocycles. The first-order chi connectivity index (χ1) is 14.1. The molecule has 5 nitrogen and oxygen atoms in total. The SMILES string of the molecule is Cc1cc(C)c(CCNC(=O)c2nnn(-c3cccc(F)c3)c2C(F)(F)F)c(C)c1. The van der Waals surface area contributed by atoms with E-state index in [2.05, 4.69) is 15.6 Å². The van der Waals surface area contributed by atoms with Gasteiger partial charge in [-0.25, -0.2) is 9.07 Å². The molecule has 9 heteroatoms. The van der Waals surface area contributed by atoms with Gasteiger partial charge in [0.05, 0.1) is 5.69 Å².